The minimum atomic E-state index is -0.403. The predicted octanol–water partition coefficient (Wildman–Crippen LogP) is 6.25. The summed E-state index contributed by atoms with van der Waals surface area (Å²) < 4.78 is 6.09. The number of nitrogens with zero attached hydrogens (tertiary/aromatic N) is 3. The van der Waals surface area contributed by atoms with Crippen LogP contribution in [0.1, 0.15) is 74.6 Å². The van der Waals surface area contributed by atoms with Gasteiger partial charge >= 0.3 is 0 Å². The minimum absolute atomic E-state index is 0.0766. The lowest BCUT2D eigenvalue weighted by Crippen LogP contribution is -2.46. The molecular formula is C37H47ClN6O3. The van der Waals surface area contributed by atoms with E-state index in [0.29, 0.717) is 48.3 Å². The van der Waals surface area contributed by atoms with Gasteiger partial charge in [-0.15, -0.1) is 0 Å². The molecule has 9 nitrogen and oxygen atoms in total. The first-order chi connectivity index (χ1) is 22.9. The lowest BCUT2D eigenvalue weighted by atomic mass is 9.84. The minimum Gasteiger partial charge on any atom is -0.493 e. The molecule has 10 heteroatoms. The maximum absolute atomic E-state index is 13.7. The Labute approximate surface area is 283 Å². The molecule has 2 unspecified atom stereocenters. The molecule has 0 saturated carbocycles. The van der Waals surface area contributed by atoms with Crippen LogP contribution in [0.3, 0.4) is 0 Å². The van der Waals surface area contributed by atoms with Gasteiger partial charge in [0.15, 0.2) is 5.96 Å². The van der Waals surface area contributed by atoms with Crippen molar-refractivity contribution >= 4 is 40.7 Å². The normalized spacial score (nSPS) is 16.1. The fraction of sp³-hybridized carbons (Fsp3) is 0.432. The van der Waals surface area contributed by atoms with Crippen LogP contribution in [0.2, 0.25) is 5.02 Å². The third-order valence-electron chi connectivity index (χ3n) is 9.10. The number of para-hydroxylation sites is 1. The number of anilines is 1. The lowest BCUT2D eigenvalue weighted by Gasteiger charge is -2.32. The molecule has 2 aliphatic heterocycles. The average molecular weight is 659 g/mol. The molecule has 5 rings (SSSR count). The highest BCUT2D eigenvalue weighted by atomic mass is 35.5. The first-order valence-corrected chi connectivity index (χ1v) is 17.2. The number of nitrogens with one attached hydrogen (secondary N) is 1. The molecule has 0 aromatic heterocycles. The third kappa shape index (κ3) is 8.84. The number of halogens is 1. The Balaban J connectivity index is 1.19. The second-order valence-electron chi connectivity index (χ2n) is 12.4. The van der Waals surface area contributed by atoms with E-state index in [-0.39, 0.29) is 30.4 Å². The van der Waals surface area contributed by atoms with Gasteiger partial charge in [-0.25, -0.2) is 4.99 Å². The molecule has 250 valence electrons. The van der Waals surface area contributed by atoms with Gasteiger partial charge in [0.05, 0.1) is 28.9 Å². The van der Waals surface area contributed by atoms with Crippen LogP contribution >= 0.6 is 11.6 Å². The number of carbonyl (C=O) groups excluding carboxylic acids is 2. The van der Waals surface area contributed by atoms with Crippen molar-refractivity contribution in [3.8, 4) is 5.75 Å². The van der Waals surface area contributed by atoms with Gasteiger partial charge in [-0.2, -0.15) is 0 Å². The van der Waals surface area contributed by atoms with Gasteiger partial charge in [0, 0.05) is 25.2 Å². The Bertz CT molecular complexity index is 1560. The number of hydrogen-bond acceptors (Lipinski definition) is 7. The van der Waals surface area contributed by atoms with E-state index in [0.717, 1.165) is 43.4 Å². The van der Waals surface area contributed by atoms with Crippen molar-refractivity contribution in [3.05, 3.63) is 88.4 Å². The van der Waals surface area contributed by atoms with E-state index in [1.165, 1.54) is 24.8 Å². The summed E-state index contributed by atoms with van der Waals surface area (Å²) in [7, 11) is 0. The van der Waals surface area contributed by atoms with Crippen LogP contribution in [0, 0.1) is 5.92 Å². The van der Waals surface area contributed by atoms with Gasteiger partial charge in [0.2, 0.25) is 11.8 Å². The van der Waals surface area contributed by atoms with Gasteiger partial charge in [-0.3, -0.25) is 9.59 Å². The smallest absolute Gasteiger partial charge is 0.246 e. The SMILES string of the molecule is CCCCCCCCN(C(=O)CN1Cc2ccc(OCCC(C(N)=O)C3NCCc4ccccc43)cc2N=C1N)c1ccccc1Cl. The van der Waals surface area contributed by atoms with Crippen LogP contribution in [0.4, 0.5) is 11.4 Å². The number of ether oxygens (including phenoxy) is 1. The number of rotatable bonds is 16. The summed E-state index contributed by atoms with van der Waals surface area (Å²) in [5, 5.41) is 4.03. The molecule has 3 aromatic rings. The summed E-state index contributed by atoms with van der Waals surface area (Å²) >= 11 is 6.53. The summed E-state index contributed by atoms with van der Waals surface area (Å²) in [6.45, 7) is 4.45. The van der Waals surface area contributed by atoms with E-state index in [4.69, 9.17) is 27.8 Å². The number of carbonyl (C=O) groups is 2. The number of fused-ring (bicyclic) bond motifs is 2. The molecule has 0 spiro atoms. The molecule has 3 aromatic carbocycles. The number of nitrogens with two attached hydrogens (primary N) is 2. The fourth-order valence-electron chi connectivity index (χ4n) is 6.51. The molecule has 2 heterocycles. The van der Waals surface area contributed by atoms with Crippen LogP contribution in [-0.4, -0.2) is 48.9 Å². The largest absolute Gasteiger partial charge is 0.493 e. The van der Waals surface area contributed by atoms with Gasteiger partial charge in [0.1, 0.15) is 12.3 Å². The van der Waals surface area contributed by atoms with E-state index in [1.54, 1.807) is 9.80 Å². The fourth-order valence-corrected chi connectivity index (χ4v) is 6.75. The highest BCUT2D eigenvalue weighted by Gasteiger charge is 2.31. The molecule has 0 fully saturated rings. The third-order valence-corrected chi connectivity index (χ3v) is 9.42. The summed E-state index contributed by atoms with van der Waals surface area (Å²) in [6.07, 6.45) is 8.17. The molecule has 47 heavy (non-hydrogen) atoms. The summed E-state index contributed by atoms with van der Waals surface area (Å²) in [6, 6.07) is 21.2. The number of hydrogen-bond donors (Lipinski definition) is 3. The van der Waals surface area contributed by atoms with Gasteiger partial charge in [-0.05, 0) is 60.7 Å². The maximum atomic E-state index is 13.7. The summed E-state index contributed by atoms with van der Waals surface area (Å²) in [5.41, 5.74) is 17.0. The molecule has 5 N–H and O–H groups in total. The highest BCUT2D eigenvalue weighted by Crippen LogP contribution is 2.33. The molecule has 0 saturated heterocycles. The van der Waals surface area contributed by atoms with E-state index in [2.05, 4.69) is 29.4 Å². The van der Waals surface area contributed by atoms with Crippen LogP contribution < -0.4 is 26.4 Å². The maximum Gasteiger partial charge on any atom is 0.246 e. The predicted molar refractivity (Wildman–Crippen MR) is 189 cm³/mol. The van der Waals surface area contributed by atoms with Crippen LogP contribution in [0.15, 0.2) is 71.7 Å². The van der Waals surface area contributed by atoms with Gasteiger partial charge < -0.3 is 31.3 Å². The average Bonchev–Trinajstić information content (AvgIpc) is 3.07. The second-order valence-corrected chi connectivity index (χ2v) is 12.8. The molecule has 2 amide bonds. The van der Waals surface area contributed by atoms with Gasteiger partial charge in [0.25, 0.3) is 0 Å². The topological polar surface area (TPSA) is 126 Å². The van der Waals surface area contributed by atoms with Crippen molar-refractivity contribution < 1.29 is 14.3 Å². The van der Waals surface area contributed by atoms with Crippen molar-refractivity contribution in [2.24, 2.45) is 22.4 Å². The van der Waals surface area contributed by atoms with E-state index in [1.807, 2.05) is 54.6 Å². The van der Waals surface area contributed by atoms with Crippen LogP contribution in [0.25, 0.3) is 0 Å². The monoisotopic (exact) mass is 658 g/mol. The van der Waals surface area contributed by atoms with E-state index < -0.39 is 5.92 Å². The zero-order valence-electron chi connectivity index (χ0n) is 27.3. The first-order valence-electron chi connectivity index (χ1n) is 16.9. The van der Waals surface area contributed by atoms with E-state index >= 15 is 0 Å². The zero-order chi connectivity index (χ0) is 33.2. The van der Waals surface area contributed by atoms with Crippen molar-refractivity contribution in [1.29, 1.82) is 0 Å². The number of benzene rings is 3. The number of guanidine groups is 1. The molecule has 0 radical (unpaired) electrons. The van der Waals surface area contributed by atoms with Crippen LogP contribution in [-0.2, 0) is 22.6 Å². The molecule has 0 aliphatic carbocycles. The highest BCUT2D eigenvalue weighted by molar-refractivity contribution is 6.33. The Morgan fingerprint density at radius 2 is 1.81 bits per heavy atom. The lowest BCUT2D eigenvalue weighted by molar-refractivity contribution is -0.123. The van der Waals surface area contributed by atoms with Crippen molar-refractivity contribution in [1.82, 2.24) is 10.2 Å². The Morgan fingerprint density at radius 3 is 2.62 bits per heavy atom. The van der Waals surface area contributed by atoms with Crippen molar-refractivity contribution in [3.63, 3.8) is 0 Å². The number of primary amides is 1. The molecule has 2 atom stereocenters. The quantitative estimate of drug-likeness (QED) is 0.156. The second kappa shape index (κ2) is 16.7. The standard InChI is InChI=1S/C37H47ClN6O3/c1-2-3-4-5-6-11-21-44(33-15-10-9-14-31(33)38)34(45)25-43-24-27-16-17-28(23-32(27)42-37(43)40)47-22-19-30(36(39)46)35-29-13-8-7-12-26(29)18-20-41-35/h7-10,12-17,23,30,35,41H,2-6,11,18-22,24-25H2,1H3,(H2,39,46)(H2,40,42). The zero-order valence-corrected chi connectivity index (χ0v) is 28.1. The molecule has 0 bridgehead atoms. The summed E-state index contributed by atoms with van der Waals surface area (Å²) in [5.74, 6) is 0.0826. The van der Waals surface area contributed by atoms with Crippen molar-refractivity contribution in [2.75, 3.05) is 31.1 Å². The Morgan fingerprint density at radius 1 is 1.04 bits per heavy atom. The van der Waals surface area contributed by atoms with Crippen LogP contribution in [0.5, 0.6) is 5.75 Å². The number of aliphatic imine (C=N–C) groups is 1. The first kappa shape index (κ1) is 34.3. The Hall–Kier alpha value is -4.08. The number of amides is 2. The number of unbranched alkanes of at least 4 members (excludes halogenated alkanes) is 5. The molecular weight excluding hydrogens is 612 g/mol. The molecule has 2 aliphatic rings. The Kier molecular flexibility index (Phi) is 12.1. The van der Waals surface area contributed by atoms with Crippen molar-refractivity contribution in [2.45, 2.75) is 70.9 Å². The van der Waals surface area contributed by atoms with E-state index in [9.17, 15) is 9.59 Å². The van der Waals surface area contributed by atoms with Gasteiger partial charge in [-0.1, -0.05) is 93.1 Å². The summed E-state index contributed by atoms with van der Waals surface area (Å²) in [4.78, 5) is 34.4.